The van der Waals surface area contributed by atoms with E-state index >= 15 is 0 Å². The van der Waals surface area contributed by atoms with Gasteiger partial charge in [-0.3, -0.25) is 4.98 Å². The quantitative estimate of drug-likeness (QED) is 0.516. The van der Waals surface area contributed by atoms with Gasteiger partial charge in [-0.15, -0.1) is 0 Å². The fourth-order valence-electron chi connectivity index (χ4n) is 1.72. The van der Waals surface area contributed by atoms with Gasteiger partial charge in [0.05, 0.1) is 9.26 Å². The minimum Gasteiger partial charge on any atom is -0.252 e. The molecule has 2 heterocycles. The Labute approximate surface area is 132 Å². The lowest BCUT2D eigenvalue weighted by Gasteiger charge is -2.07. The maximum atomic E-state index is 6.19. The fourth-order valence-corrected chi connectivity index (χ4v) is 3.01. The third kappa shape index (κ3) is 2.40. The molecule has 2 aromatic heterocycles. The standard InChI is InChI=1S/C12H8BrClIN3/c13-7-2-1-5-16-10(7)12-17-9(6-3-4-6)8(15)11(14)18-12/h1-2,5-6H,3-4H2. The second kappa shape index (κ2) is 5.02. The molecule has 92 valence electrons. The maximum absolute atomic E-state index is 6.19. The predicted molar refractivity (Wildman–Crippen MR) is 82.7 cm³/mol. The molecule has 0 aromatic carbocycles. The van der Waals surface area contributed by atoms with Gasteiger partial charge in [0.15, 0.2) is 5.82 Å². The summed E-state index contributed by atoms with van der Waals surface area (Å²) in [5.74, 6) is 1.13. The van der Waals surface area contributed by atoms with Crippen molar-refractivity contribution in [3.63, 3.8) is 0 Å². The molecule has 0 N–H and O–H groups in total. The summed E-state index contributed by atoms with van der Waals surface area (Å²) >= 11 is 11.9. The first kappa shape index (κ1) is 12.7. The van der Waals surface area contributed by atoms with E-state index in [4.69, 9.17) is 11.6 Å². The van der Waals surface area contributed by atoms with Crippen LogP contribution in [0.3, 0.4) is 0 Å². The summed E-state index contributed by atoms with van der Waals surface area (Å²) in [6.45, 7) is 0. The van der Waals surface area contributed by atoms with E-state index in [1.165, 1.54) is 12.8 Å². The lowest BCUT2D eigenvalue weighted by Crippen LogP contribution is -2.01. The van der Waals surface area contributed by atoms with Crippen molar-refractivity contribution in [2.45, 2.75) is 18.8 Å². The van der Waals surface area contributed by atoms with Gasteiger partial charge >= 0.3 is 0 Å². The highest BCUT2D eigenvalue weighted by Gasteiger charge is 2.29. The van der Waals surface area contributed by atoms with Crippen LogP contribution in [0.1, 0.15) is 24.5 Å². The molecule has 1 fully saturated rings. The third-order valence-electron chi connectivity index (χ3n) is 2.77. The van der Waals surface area contributed by atoms with Crippen molar-refractivity contribution in [2.75, 3.05) is 0 Å². The minimum atomic E-state index is 0.514. The molecule has 1 aliphatic rings. The van der Waals surface area contributed by atoms with Crippen molar-refractivity contribution < 1.29 is 0 Å². The Bertz CT molecular complexity index is 616. The molecule has 18 heavy (non-hydrogen) atoms. The molecule has 3 rings (SSSR count). The summed E-state index contributed by atoms with van der Waals surface area (Å²) in [5.41, 5.74) is 1.79. The van der Waals surface area contributed by atoms with E-state index in [9.17, 15) is 0 Å². The largest absolute Gasteiger partial charge is 0.252 e. The second-order valence-corrected chi connectivity index (χ2v) is 6.44. The Balaban J connectivity index is 2.16. The highest BCUT2D eigenvalue weighted by molar-refractivity contribution is 14.1. The molecule has 6 heteroatoms. The topological polar surface area (TPSA) is 38.7 Å². The average molecular weight is 436 g/mol. The Kier molecular flexibility index (Phi) is 3.55. The van der Waals surface area contributed by atoms with Crippen LogP contribution >= 0.6 is 50.1 Å². The molecule has 1 saturated carbocycles. The Morgan fingerprint density at radius 3 is 2.78 bits per heavy atom. The number of hydrogen-bond acceptors (Lipinski definition) is 3. The average Bonchev–Trinajstić information content (AvgIpc) is 3.17. The zero-order valence-corrected chi connectivity index (χ0v) is 13.7. The summed E-state index contributed by atoms with van der Waals surface area (Å²) in [5, 5.41) is 0.514. The smallest absolute Gasteiger partial charge is 0.181 e. The maximum Gasteiger partial charge on any atom is 0.181 e. The minimum absolute atomic E-state index is 0.514. The lowest BCUT2D eigenvalue weighted by atomic mass is 10.2. The van der Waals surface area contributed by atoms with Gasteiger partial charge in [0.2, 0.25) is 0 Å². The molecule has 0 radical (unpaired) electrons. The monoisotopic (exact) mass is 435 g/mol. The van der Waals surface area contributed by atoms with Crippen molar-refractivity contribution in [1.82, 2.24) is 15.0 Å². The molecule has 0 aliphatic heterocycles. The van der Waals surface area contributed by atoms with Gasteiger partial charge in [-0.25, -0.2) is 9.97 Å². The number of aromatic nitrogens is 3. The molecule has 0 spiro atoms. The number of hydrogen-bond donors (Lipinski definition) is 0. The highest BCUT2D eigenvalue weighted by Crippen LogP contribution is 2.42. The van der Waals surface area contributed by atoms with E-state index in [-0.39, 0.29) is 0 Å². The number of nitrogens with zero attached hydrogens (tertiary/aromatic N) is 3. The van der Waals surface area contributed by atoms with Crippen LogP contribution in [0.5, 0.6) is 0 Å². The normalized spacial score (nSPS) is 14.8. The van der Waals surface area contributed by atoms with Crippen molar-refractivity contribution in [1.29, 1.82) is 0 Å². The number of rotatable bonds is 2. The van der Waals surface area contributed by atoms with Crippen LogP contribution in [0.15, 0.2) is 22.8 Å². The number of pyridine rings is 1. The van der Waals surface area contributed by atoms with Crippen molar-refractivity contribution in [3.05, 3.63) is 37.2 Å². The van der Waals surface area contributed by atoms with Crippen LogP contribution in [0.4, 0.5) is 0 Å². The van der Waals surface area contributed by atoms with Gasteiger partial charge in [-0.1, -0.05) is 11.6 Å². The Hall–Kier alpha value is -0.270. The summed E-state index contributed by atoms with van der Waals surface area (Å²) in [6.07, 6.45) is 4.10. The molecule has 0 atom stereocenters. The Morgan fingerprint density at radius 2 is 2.11 bits per heavy atom. The molecule has 0 bridgehead atoms. The summed E-state index contributed by atoms with van der Waals surface area (Å²) in [4.78, 5) is 13.3. The van der Waals surface area contributed by atoms with Gasteiger partial charge in [0.25, 0.3) is 0 Å². The first-order valence-corrected chi connectivity index (χ1v) is 7.75. The first-order chi connectivity index (χ1) is 8.66. The van der Waals surface area contributed by atoms with E-state index in [1.807, 2.05) is 12.1 Å². The van der Waals surface area contributed by atoms with Crippen molar-refractivity contribution in [3.8, 4) is 11.5 Å². The summed E-state index contributed by atoms with van der Waals surface area (Å²) in [6, 6.07) is 3.79. The zero-order valence-electron chi connectivity index (χ0n) is 9.20. The van der Waals surface area contributed by atoms with Gasteiger partial charge in [0.1, 0.15) is 10.8 Å². The SMILES string of the molecule is Clc1nc(-c2ncccc2Br)nc(C2CC2)c1I. The Morgan fingerprint density at radius 1 is 1.33 bits per heavy atom. The fraction of sp³-hybridized carbons (Fsp3) is 0.250. The van der Waals surface area contributed by atoms with Crippen LogP contribution in [-0.2, 0) is 0 Å². The summed E-state index contributed by atoms with van der Waals surface area (Å²) in [7, 11) is 0. The first-order valence-electron chi connectivity index (χ1n) is 5.50. The van der Waals surface area contributed by atoms with Crippen LogP contribution in [-0.4, -0.2) is 15.0 Å². The molecule has 1 aliphatic carbocycles. The van der Waals surface area contributed by atoms with Crippen LogP contribution in [0, 0.1) is 3.57 Å². The molecule has 3 nitrogen and oxygen atoms in total. The van der Waals surface area contributed by atoms with Gasteiger partial charge in [-0.05, 0) is 63.5 Å². The molecule has 0 amide bonds. The van der Waals surface area contributed by atoms with Gasteiger partial charge in [0, 0.05) is 16.6 Å². The van der Waals surface area contributed by atoms with Crippen LogP contribution in [0.2, 0.25) is 5.15 Å². The van der Waals surface area contributed by atoms with Crippen molar-refractivity contribution in [2.24, 2.45) is 0 Å². The lowest BCUT2D eigenvalue weighted by molar-refractivity contribution is 0.971. The molecular formula is C12H8BrClIN3. The highest BCUT2D eigenvalue weighted by atomic mass is 127. The third-order valence-corrected chi connectivity index (χ3v) is 5.07. The van der Waals surface area contributed by atoms with Crippen molar-refractivity contribution >= 4 is 50.1 Å². The van der Waals surface area contributed by atoms with Gasteiger partial charge < -0.3 is 0 Å². The predicted octanol–water partition coefficient (Wildman–Crippen LogP) is 4.44. The van der Waals surface area contributed by atoms with E-state index in [0.717, 1.165) is 19.4 Å². The van der Waals surface area contributed by atoms with E-state index in [1.54, 1.807) is 6.20 Å². The number of halogens is 3. The molecule has 2 aromatic rings. The van der Waals surface area contributed by atoms with Crippen LogP contribution in [0.25, 0.3) is 11.5 Å². The van der Waals surface area contributed by atoms with Gasteiger partial charge in [-0.2, -0.15) is 0 Å². The molecular weight excluding hydrogens is 428 g/mol. The van der Waals surface area contributed by atoms with E-state index in [0.29, 0.717) is 16.9 Å². The molecule has 0 saturated heterocycles. The molecule has 0 unspecified atom stereocenters. The second-order valence-electron chi connectivity index (χ2n) is 4.15. The summed E-state index contributed by atoms with van der Waals surface area (Å²) < 4.78 is 1.84. The van der Waals surface area contributed by atoms with Crippen LogP contribution < -0.4 is 0 Å². The van der Waals surface area contributed by atoms with E-state index in [2.05, 4.69) is 53.5 Å². The zero-order chi connectivity index (χ0) is 12.7. The van der Waals surface area contributed by atoms with E-state index < -0.39 is 0 Å².